The van der Waals surface area contributed by atoms with Crippen molar-refractivity contribution >= 4 is 17.5 Å². The first-order valence-electron chi connectivity index (χ1n) is 5.51. The van der Waals surface area contributed by atoms with Gasteiger partial charge in [0, 0.05) is 11.8 Å². The minimum absolute atomic E-state index is 0.0324. The van der Waals surface area contributed by atoms with Crippen LogP contribution in [0.3, 0.4) is 0 Å². The molecule has 0 amide bonds. The number of ether oxygens (including phenoxy) is 1. The Morgan fingerprint density at radius 1 is 1.15 bits per heavy atom. The molecule has 0 saturated heterocycles. The van der Waals surface area contributed by atoms with E-state index in [9.17, 15) is 13.2 Å². The molecule has 0 fully saturated rings. The summed E-state index contributed by atoms with van der Waals surface area (Å²) in [6.45, 7) is 0. The van der Waals surface area contributed by atoms with Gasteiger partial charge in [-0.05, 0) is 24.3 Å². The minimum atomic E-state index is -4.58. The number of nitrogens with one attached hydrogen (secondary N) is 1. The largest absolute Gasteiger partial charge is 0.497 e. The fourth-order valence-electron chi connectivity index (χ4n) is 1.50. The molecule has 5 nitrogen and oxygen atoms in total. The monoisotopic (exact) mass is 284 g/mol. The van der Waals surface area contributed by atoms with Crippen LogP contribution in [0.1, 0.15) is 5.69 Å². The molecule has 0 atom stereocenters. The van der Waals surface area contributed by atoms with Crippen molar-refractivity contribution in [3.05, 3.63) is 36.0 Å². The lowest BCUT2D eigenvalue weighted by atomic mass is 10.3. The van der Waals surface area contributed by atoms with E-state index in [0.29, 0.717) is 11.4 Å². The predicted octanol–water partition coefficient (Wildman–Crippen LogP) is 2.83. The van der Waals surface area contributed by atoms with Crippen molar-refractivity contribution in [2.24, 2.45) is 0 Å². The van der Waals surface area contributed by atoms with Crippen LogP contribution in [-0.2, 0) is 6.18 Å². The van der Waals surface area contributed by atoms with Crippen molar-refractivity contribution in [2.75, 3.05) is 18.2 Å². The number of hydrogen-bond acceptors (Lipinski definition) is 5. The van der Waals surface area contributed by atoms with Crippen molar-refractivity contribution in [3.8, 4) is 5.75 Å². The number of rotatable bonds is 3. The summed E-state index contributed by atoms with van der Waals surface area (Å²) in [5.41, 5.74) is 4.73. The van der Waals surface area contributed by atoms with Crippen molar-refractivity contribution in [1.82, 2.24) is 9.97 Å². The van der Waals surface area contributed by atoms with Gasteiger partial charge in [0.1, 0.15) is 11.6 Å². The van der Waals surface area contributed by atoms with E-state index in [1.807, 2.05) is 0 Å². The zero-order valence-electron chi connectivity index (χ0n) is 10.4. The molecule has 1 aromatic heterocycles. The van der Waals surface area contributed by atoms with Crippen LogP contribution < -0.4 is 15.8 Å². The highest BCUT2D eigenvalue weighted by Crippen LogP contribution is 2.30. The Balaban J connectivity index is 2.26. The molecule has 20 heavy (non-hydrogen) atoms. The molecule has 2 aromatic rings. The van der Waals surface area contributed by atoms with Gasteiger partial charge in [-0.1, -0.05) is 0 Å². The zero-order valence-corrected chi connectivity index (χ0v) is 10.4. The van der Waals surface area contributed by atoms with Gasteiger partial charge in [0.25, 0.3) is 0 Å². The number of benzene rings is 1. The first kappa shape index (κ1) is 13.9. The first-order chi connectivity index (χ1) is 9.38. The first-order valence-corrected chi connectivity index (χ1v) is 5.51. The lowest BCUT2D eigenvalue weighted by molar-refractivity contribution is -0.141. The van der Waals surface area contributed by atoms with Gasteiger partial charge in [0.15, 0.2) is 5.69 Å². The molecule has 0 radical (unpaired) electrons. The summed E-state index contributed by atoms with van der Waals surface area (Å²) in [6, 6.07) is 7.41. The molecule has 1 heterocycles. The second kappa shape index (κ2) is 5.24. The van der Waals surface area contributed by atoms with Gasteiger partial charge < -0.3 is 15.8 Å². The molecular weight excluding hydrogens is 273 g/mol. The fourth-order valence-corrected chi connectivity index (χ4v) is 1.50. The molecule has 3 N–H and O–H groups in total. The number of anilines is 3. The Morgan fingerprint density at radius 2 is 1.80 bits per heavy atom. The summed E-state index contributed by atoms with van der Waals surface area (Å²) in [5.74, 6) is 0.152. The van der Waals surface area contributed by atoms with Crippen LogP contribution in [0.15, 0.2) is 30.3 Å². The fraction of sp³-hybridized carbons (Fsp3) is 0.167. The molecule has 106 valence electrons. The summed E-state index contributed by atoms with van der Waals surface area (Å²) in [7, 11) is 1.52. The Morgan fingerprint density at radius 3 is 2.35 bits per heavy atom. The molecule has 0 saturated carbocycles. The molecule has 8 heteroatoms. The average molecular weight is 284 g/mol. The highest BCUT2D eigenvalue weighted by molar-refractivity contribution is 5.58. The maximum absolute atomic E-state index is 12.6. The van der Waals surface area contributed by atoms with Gasteiger partial charge >= 0.3 is 6.18 Å². The molecule has 0 aliphatic carbocycles. The van der Waals surface area contributed by atoms with Gasteiger partial charge in [0.05, 0.1) is 7.11 Å². The van der Waals surface area contributed by atoms with Crippen LogP contribution in [-0.4, -0.2) is 17.1 Å². The number of nitrogens with zero attached hydrogens (tertiary/aromatic N) is 2. The summed E-state index contributed by atoms with van der Waals surface area (Å²) < 4.78 is 42.8. The minimum Gasteiger partial charge on any atom is -0.497 e. The van der Waals surface area contributed by atoms with Gasteiger partial charge in [-0.25, -0.2) is 4.98 Å². The van der Waals surface area contributed by atoms with E-state index >= 15 is 0 Å². The quantitative estimate of drug-likeness (QED) is 0.906. The average Bonchev–Trinajstić information content (AvgIpc) is 2.38. The van der Waals surface area contributed by atoms with Crippen molar-refractivity contribution in [1.29, 1.82) is 0 Å². The SMILES string of the molecule is COc1ccc(Nc2cc(C(F)(F)F)nc(N)n2)cc1. The number of halogens is 3. The van der Waals surface area contributed by atoms with E-state index in [1.54, 1.807) is 24.3 Å². The highest BCUT2D eigenvalue weighted by atomic mass is 19.4. The molecule has 0 bridgehead atoms. The Kier molecular flexibility index (Phi) is 3.64. The number of nitrogens with two attached hydrogens (primary N) is 1. The van der Waals surface area contributed by atoms with Crippen LogP contribution in [0.25, 0.3) is 0 Å². The van der Waals surface area contributed by atoms with E-state index in [-0.39, 0.29) is 5.82 Å². The lowest BCUT2D eigenvalue weighted by Gasteiger charge is -2.10. The van der Waals surface area contributed by atoms with Crippen molar-refractivity contribution in [3.63, 3.8) is 0 Å². The molecule has 0 aliphatic rings. The molecule has 0 spiro atoms. The number of methoxy groups -OCH3 is 1. The van der Waals surface area contributed by atoms with Gasteiger partial charge in [0.2, 0.25) is 5.95 Å². The van der Waals surface area contributed by atoms with Crippen LogP contribution in [0.4, 0.5) is 30.6 Å². The van der Waals surface area contributed by atoms with Crippen LogP contribution in [0, 0.1) is 0 Å². The Bertz CT molecular complexity index is 599. The van der Waals surface area contributed by atoms with Crippen molar-refractivity contribution < 1.29 is 17.9 Å². The second-order valence-corrected chi connectivity index (χ2v) is 3.85. The van der Waals surface area contributed by atoms with E-state index in [0.717, 1.165) is 6.07 Å². The lowest BCUT2D eigenvalue weighted by Crippen LogP contribution is -2.11. The summed E-state index contributed by atoms with van der Waals surface area (Å²) >= 11 is 0. The van der Waals surface area contributed by atoms with Crippen LogP contribution in [0.5, 0.6) is 5.75 Å². The van der Waals surface area contributed by atoms with Gasteiger partial charge in [-0.3, -0.25) is 0 Å². The third-order valence-electron chi connectivity index (χ3n) is 2.40. The van der Waals surface area contributed by atoms with Gasteiger partial charge in [-0.15, -0.1) is 0 Å². The molecule has 0 unspecified atom stereocenters. The molecule has 1 aromatic carbocycles. The maximum atomic E-state index is 12.6. The van der Waals surface area contributed by atoms with E-state index in [4.69, 9.17) is 10.5 Å². The smallest absolute Gasteiger partial charge is 0.433 e. The molecule has 2 rings (SSSR count). The number of alkyl halides is 3. The number of nitrogen functional groups attached to an aromatic ring is 1. The zero-order chi connectivity index (χ0) is 14.8. The van der Waals surface area contributed by atoms with E-state index < -0.39 is 17.8 Å². The van der Waals surface area contributed by atoms with Crippen LogP contribution in [0.2, 0.25) is 0 Å². The molecule has 0 aliphatic heterocycles. The van der Waals surface area contributed by atoms with E-state index in [2.05, 4.69) is 15.3 Å². The highest BCUT2D eigenvalue weighted by Gasteiger charge is 2.33. The second-order valence-electron chi connectivity index (χ2n) is 3.85. The maximum Gasteiger partial charge on any atom is 0.433 e. The predicted molar refractivity (Wildman–Crippen MR) is 67.7 cm³/mol. The summed E-state index contributed by atoms with van der Waals surface area (Å²) in [5, 5.41) is 2.72. The van der Waals surface area contributed by atoms with Gasteiger partial charge in [-0.2, -0.15) is 18.2 Å². The number of hydrogen-bond donors (Lipinski definition) is 2. The third-order valence-corrected chi connectivity index (χ3v) is 2.40. The van der Waals surface area contributed by atoms with E-state index in [1.165, 1.54) is 7.11 Å². The third kappa shape index (κ3) is 3.28. The Hall–Kier alpha value is -2.51. The topological polar surface area (TPSA) is 73.1 Å². The van der Waals surface area contributed by atoms with Crippen LogP contribution >= 0.6 is 0 Å². The number of aromatic nitrogens is 2. The standard InChI is InChI=1S/C12H11F3N4O/c1-20-8-4-2-7(3-5-8)17-10-6-9(12(13,14)15)18-11(16)19-10/h2-6H,1H3,(H3,16,17,18,19). The Labute approximate surface area is 112 Å². The molecular formula is C12H11F3N4O. The van der Waals surface area contributed by atoms with Crippen molar-refractivity contribution in [2.45, 2.75) is 6.18 Å². The normalized spacial score (nSPS) is 11.2. The summed E-state index contributed by atoms with van der Waals surface area (Å²) in [4.78, 5) is 6.87. The summed E-state index contributed by atoms with van der Waals surface area (Å²) in [6.07, 6.45) is -4.58.